The highest BCUT2D eigenvalue weighted by molar-refractivity contribution is 5.45. The first kappa shape index (κ1) is 14.9. The van der Waals surface area contributed by atoms with Gasteiger partial charge < -0.3 is 15.0 Å². The van der Waals surface area contributed by atoms with Gasteiger partial charge in [0.1, 0.15) is 0 Å². The van der Waals surface area contributed by atoms with Gasteiger partial charge in [-0.15, -0.1) is 0 Å². The van der Waals surface area contributed by atoms with E-state index >= 15 is 0 Å². The second-order valence-electron chi connectivity index (χ2n) is 4.54. The van der Waals surface area contributed by atoms with Crippen LogP contribution in [0.25, 0.3) is 0 Å². The molecule has 1 N–H and O–H groups in total. The Balaban J connectivity index is 2.81. The van der Waals surface area contributed by atoms with Crippen molar-refractivity contribution in [3.8, 4) is 0 Å². The fourth-order valence-corrected chi connectivity index (χ4v) is 2.05. The summed E-state index contributed by atoms with van der Waals surface area (Å²) in [6.07, 6.45) is 1.94. The van der Waals surface area contributed by atoms with Gasteiger partial charge in [0.25, 0.3) is 0 Å². The molecule has 0 bridgehead atoms. The number of aromatic nitrogens is 1. The van der Waals surface area contributed by atoms with Gasteiger partial charge in [-0.3, -0.25) is 4.98 Å². The molecule has 4 heteroatoms. The molecule has 1 heterocycles. The Morgan fingerprint density at radius 1 is 1.39 bits per heavy atom. The molecule has 1 rings (SSSR count). The number of hydrogen-bond acceptors (Lipinski definition) is 4. The molecular weight excluding hydrogens is 226 g/mol. The average Bonchev–Trinajstić information content (AvgIpc) is 2.40. The van der Waals surface area contributed by atoms with E-state index in [2.05, 4.69) is 48.1 Å². The van der Waals surface area contributed by atoms with Crippen LogP contribution in [0.15, 0.2) is 18.3 Å². The summed E-state index contributed by atoms with van der Waals surface area (Å²) in [7, 11) is 3.68. The van der Waals surface area contributed by atoms with Crippen LogP contribution >= 0.6 is 0 Å². The average molecular weight is 251 g/mol. The number of likely N-dealkylation sites (N-methyl/N-ethyl adjacent to an activating group) is 1. The lowest BCUT2D eigenvalue weighted by Gasteiger charge is -2.29. The number of ether oxygens (including phenoxy) is 1. The third-order valence-corrected chi connectivity index (χ3v) is 3.26. The molecule has 1 aromatic rings. The number of nitrogens with zero attached hydrogens (tertiary/aromatic N) is 2. The summed E-state index contributed by atoms with van der Waals surface area (Å²) in [6.45, 7) is 8.09. The second kappa shape index (κ2) is 7.34. The Hall–Kier alpha value is -1.13. The standard InChI is InChI=1S/C14H25N3O/c1-6-17(11(2)10-18-5)13-7-8-14(16-9-13)12(3)15-4/h7-9,11-12,15H,6,10H2,1-5H3. The van der Waals surface area contributed by atoms with Crippen molar-refractivity contribution in [2.75, 3.05) is 32.2 Å². The van der Waals surface area contributed by atoms with E-state index in [4.69, 9.17) is 4.74 Å². The van der Waals surface area contributed by atoms with Crippen molar-refractivity contribution in [3.63, 3.8) is 0 Å². The van der Waals surface area contributed by atoms with Crippen molar-refractivity contribution in [2.45, 2.75) is 32.9 Å². The third-order valence-electron chi connectivity index (χ3n) is 3.26. The number of pyridine rings is 1. The lowest BCUT2D eigenvalue weighted by molar-refractivity contribution is 0.182. The Morgan fingerprint density at radius 3 is 2.56 bits per heavy atom. The smallest absolute Gasteiger partial charge is 0.0663 e. The third kappa shape index (κ3) is 3.68. The van der Waals surface area contributed by atoms with Crippen LogP contribution in [0.2, 0.25) is 0 Å². The van der Waals surface area contributed by atoms with Crippen LogP contribution in [0.1, 0.15) is 32.5 Å². The molecule has 2 atom stereocenters. The van der Waals surface area contributed by atoms with Crippen LogP contribution in [0.5, 0.6) is 0 Å². The molecule has 0 aliphatic carbocycles. The predicted octanol–water partition coefficient (Wildman–Crippen LogP) is 2.22. The summed E-state index contributed by atoms with van der Waals surface area (Å²) in [5, 5.41) is 3.19. The first-order chi connectivity index (χ1) is 8.63. The number of anilines is 1. The maximum Gasteiger partial charge on any atom is 0.0663 e. The monoisotopic (exact) mass is 251 g/mol. The zero-order valence-electron chi connectivity index (χ0n) is 12.1. The second-order valence-corrected chi connectivity index (χ2v) is 4.54. The largest absolute Gasteiger partial charge is 0.383 e. The van der Waals surface area contributed by atoms with Crippen LogP contribution < -0.4 is 10.2 Å². The van der Waals surface area contributed by atoms with Gasteiger partial charge >= 0.3 is 0 Å². The minimum atomic E-state index is 0.283. The van der Waals surface area contributed by atoms with Crippen LogP contribution in [0.4, 0.5) is 5.69 Å². The number of nitrogens with one attached hydrogen (secondary N) is 1. The van der Waals surface area contributed by atoms with E-state index in [-0.39, 0.29) is 6.04 Å². The lowest BCUT2D eigenvalue weighted by Crippen LogP contribution is -2.36. The Kier molecular flexibility index (Phi) is 6.09. The summed E-state index contributed by atoms with van der Waals surface area (Å²) in [4.78, 5) is 6.81. The van der Waals surface area contributed by atoms with Gasteiger partial charge in [-0.05, 0) is 40.0 Å². The summed E-state index contributed by atoms with van der Waals surface area (Å²) in [5.41, 5.74) is 2.21. The maximum absolute atomic E-state index is 5.22. The normalized spacial score (nSPS) is 14.3. The molecule has 0 saturated carbocycles. The van der Waals surface area contributed by atoms with Crippen molar-refractivity contribution in [3.05, 3.63) is 24.0 Å². The summed E-state index contributed by atoms with van der Waals surface area (Å²) < 4.78 is 5.22. The quantitative estimate of drug-likeness (QED) is 0.806. The van der Waals surface area contributed by atoms with Crippen LogP contribution in [-0.4, -0.2) is 38.3 Å². The van der Waals surface area contributed by atoms with Crippen molar-refractivity contribution in [1.82, 2.24) is 10.3 Å². The minimum Gasteiger partial charge on any atom is -0.383 e. The van der Waals surface area contributed by atoms with Crippen LogP contribution in [0.3, 0.4) is 0 Å². The molecule has 0 aromatic carbocycles. The molecule has 0 spiro atoms. The summed E-state index contributed by atoms with van der Waals surface area (Å²) >= 11 is 0. The van der Waals surface area contributed by atoms with Crippen molar-refractivity contribution >= 4 is 5.69 Å². The molecule has 0 aliphatic rings. The van der Waals surface area contributed by atoms with Crippen LogP contribution in [0, 0.1) is 0 Å². The molecule has 0 fully saturated rings. The zero-order valence-corrected chi connectivity index (χ0v) is 12.1. The summed E-state index contributed by atoms with van der Waals surface area (Å²) in [5.74, 6) is 0. The summed E-state index contributed by atoms with van der Waals surface area (Å²) in [6, 6.07) is 4.85. The molecule has 0 amide bonds. The van der Waals surface area contributed by atoms with Crippen LogP contribution in [-0.2, 0) is 4.74 Å². The molecule has 18 heavy (non-hydrogen) atoms. The first-order valence-electron chi connectivity index (χ1n) is 6.52. The van der Waals surface area contributed by atoms with Gasteiger partial charge in [0, 0.05) is 25.7 Å². The van der Waals surface area contributed by atoms with E-state index in [1.165, 1.54) is 0 Å². The Morgan fingerprint density at radius 2 is 2.11 bits per heavy atom. The van der Waals surface area contributed by atoms with Gasteiger partial charge in [0.05, 0.1) is 24.2 Å². The molecule has 0 aliphatic heterocycles. The molecule has 1 aromatic heterocycles. The Bertz CT molecular complexity index is 339. The molecule has 2 unspecified atom stereocenters. The number of hydrogen-bond donors (Lipinski definition) is 1. The number of rotatable bonds is 7. The van der Waals surface area contributed by atoms with E-state index in [9.17, 15) is 0 Å². The predicted molar refractivity (Wildman–Crippen MR) is 76.1 cm³/mol. The van der Waals surface area contributed by atoms with Gasteiger partial charge in [0.2, 0.25) is 0 Å². The van der Waals surface area contributed by atoms with E-state index in [1.807, 2.05) is 13.2 Å². The van der Waals surface area contributed by atoms with Gasteiger partial charge in [0.15, 0.2) is 0 Å². The first-order valence-corrected chi connectivity index (χ1v) is 6.52. The molecule has 4 nitrogen and oxygen atoms in total. The van der Waals surface area contributed by atoms with Crippen molar-refractivity contribution in [2.24, 2.45) is 0 Å². The van der Waals surface area contributed by atoms with E-state index in [0.717, 1.165) is 24.5 Å². The fourth-order valence-electron chi connectivity index (χ4n) is 2.05. The molecular formula is C14H25N3O. The maximum atomic E-state index is 5.22. The van der Waals surface area contributed by atoms with E-state index in [1.54, 1.807) is 7.11 Å². The highest BCUT2D eigenvalue weighted by Crippen LogP contribution is 2.18. The molecule has 102 valence electrons. The van der Waals surface area contributed by atoms with Gasteiger partial charge in [-0.25, -0.2) is 0 Å². The van der Waals surface area contributed by atoms with Gasteiger partial charge in [-0.1, -0.05) is 0 Å². The fraction of sp³-hybridized carbons (Fsp3) is 0.643. The topological polar surface area (TPSA) is 37.4 Å². The van der Waals surface area contributed by atoms with E-state index < -0.39 is 0 Å². The lowest BCUT2D eigenvalue weighted by atomic mass is 10.2. The van der Waals surface area contributed by atoms with Crippen molar-refractivity contribution < 1.29 is 4.74 Å². The zero-order chi connectivity index (χ0) is 13.5. The van der Waals surface area contributed by atoms with E-state index in [0.29, 0.717) is 6.04 Å². The molecule has 0 saturated heterocycles. The van der Waals surface area contributed by atoms with Crippen molar-refractivity contribution in [1.29, 1.82) is 0 Å². The van der Waals surface area contributed by atoms with Gasteiger partial charge in [-0.2, -0.15) is 0 Å². The number of methoxy groups -OCH3 is 1. The highest BCUT2D eigenvalue weighted by atomic mass is 16.5. The highest BCUT2D eigenvalue weighted by Gasteiger charge is 2.13. The Labute approximate surface area is 110 Å². The SMILES string of the molecule is CCN(c1ccc(C(C)NC)nc1)C(C)COC. The minimum absolute atomic E-state index is 0.283. The molecule has 0 radical (unpaired) electrons.